The van der Waals surface area contributed by atoms with E-state index < -0.39 is 0 Å². The molecule has 1 saturated heterocycles. The van der Waals surface area contributed by atoms with Gasteiger partial charge in [0, 0.05) is 19.1 Å². The van der Waals surface area contributed by atoms with Crippen LogP contribution in [-0.4, -0.2) is 29.9 Å². The Balaban J connectivity index is 1.80. The van der Waals surface area contributed by atoms with Gasteiger partial charge in [-0.15, -0.1) is 0 Å². The molecular formula is C15H20N2O. The summed E-state index contributed by atoms with van der Waals surface area (Å²) < 4.78 is 0. The van der Waals surface area contributed by atoms with E-state index in [9.17, 15) is 4.79 Å². The number of benzene rings is 1. The van der Waals surface area contributed by atoms with Crippen LogP contribution in [-0.2, 0) is 10.2 Å². The molecule has 1 saturated carbocycles. The molecule has 96 valence electrons. The Labute approximate surface area is 108 Å². The molecule has 1 aliphatic carbocycles. The second kappa shape index (κ2) is 4.39. The van der Waals surface area contributed by atoms with E-state index in [4.69, 9.17) is 5.73 Å². The number of piperidine rings is 1. The number of carbonyl (C=O) groups excluding carboxylic acids is 1. The molecule has 3 nitrogen and oxygen atoms in total. The van der Waals surface area contributed by atoms with Gasteiger partial charge < -0.3 is 10.6 Å². The van der Waals surface area contributed by atoms with Crippen LogP contribution in [0.3, 0.4) is 0 Å². The summed E-state index contributed by atoms with van der Waals surface area (Å²) in [6, 6.07) is 10.4. The van der Waals surface area contributed by atoms with E-state index in [1.807, 2.05) is 23.1 Å². The molecule has 1 heterocycles. The highest BCUT2D eigenvalue weighted by atomic mass is 16.2. The summed E-state index contributed by atoms with van der Waals surface area (Å²) in [6.45, 7) is 1.61. The predicted molar refractivity (Wildman–Crippen MR) is 71.1 cm³/mol. The molecule has 1 aliphatic heterocycles. The third-order valence-corrected chi connectivity index (χ3v) is 4.23. The lowest BCUT2D eigenvalue weighted by molar-refractivity contribution is -0.135. The van der Waals surface area contributed by atoms with Gasteiger partial charge in [-0.1, -0.05) is 30.3 Å². The second-order valence-electron chi connectivity index (χ2n) is 5.60. The zero-order chi connectivity index (χ0) is 12.6. The number of nitrogens with zero attached hydrogens (tertiary/aromatic N) is 1. The molecule has 0 bridgehead atoms. The van der Waals surface area contributed by atoms with E-state index in [0.717, 1.165) is 38.8 Å². The molecule has 1 atom stereocenters. The van der Waals surface area contributed by atoms with Crippen molar-refractivity contribution < 1.29 is 4.79 Å². The number of likely N-dealkylation sites (tertiary alicyclic amines) is 1. The normalized spacial score (nSPS) is 25.8. The van der Waals surface area contributed by atoms with E-state index in [1.54, 1.807) is 0 Å². The lowest BCUT2D eigenvalue weighted by atomic mass is 9.93. The SMILES string of the molecule is NC1CCCN(C(=O)C2(c3ccccc3)CC2)C1. The quantitative estimate of drug-likeness (QED) is 0.860. The summed E-state index contributed by atoms with van der Waals surface area (Å²) in [5.41, 5.74) is 6.92. The largest absolute Gasteiger partial charge is 0.340 e. The molecular weight excluding hydrogens is 224 g/mol. The maximum Gasteiger partial charge on any atom is 0.233 e. The van der Waals surface area contributed by atoms with Crippen LogP contribution in [0.1, 0.15) is 31.2 Å². The average molecular weight is 244 g/mol. The van der Waals surface area contributed by atoms with Crippen LogP contribution in [0.4, 0.5) is 0 Å². The fourth-order valence-corrected chi connectivity index (χ4v) is 3.01. The van der Waals surface area contributed by atoms with E-state index in [1.165, 1.54) is 5.56 Å². The molecule has 2 fully saturated rings. The molecule has 3 rings (SSSR count). The van der Waals surface area contributed by atoms with Crippen LogP contribution in [0.15, 0.2) is 30.3 Å². The lowest BCUT2D eigenvalue weighted by Crippen LogP contribution is -2.49. The van der Waals surface area contributed by atoms with Gasteiger partial charge in [-0.2, -0.15) is 0 Å². The number of hydrogen-bond donors (Lipinski definition) is 1. The Hall–Kier alpha value is -1.35. The molecule has 0 aromatic heterocycles. The number of carbonyl (C=O) groups is 1. The summed E-state index contributed by atoms with van der Waals surface area (Å²) in [4.78, 5) is 14.7. The van der Waals surface area contributed by atoms with E-state index in [2.05, 4.69) is 12.1 Å². The first-order valence-corrected chi connectivity index (χ1v) is 6.83. The van der Waals surface area contributed by atoms with Crippen molar-refractivity contribution in [3.05, 3.63) is 35.9 Å². The van der Waals surface area contributed by atoms with Gasteiger partial charge in [-0.05, 0) is 31.2 Å². The molecule has 1 aromatic rings. The lowest BCUT2D eigenvalue weighted by Gasteiger charge is -2.33. The van der Waals surface area contributed by atoms with Crippen molar-refractivity contribution in [2.75, 3.05) is 13.1 Å². The third-order valence-electron chi connectivity index (χ3n) is 4.23. The molecule has 2 N–H and O–H groups in total. The van der Waals surface area contributed by atoms with Crippen molar-refractivity contribution in [2.24, 2.45) is 5.73 Å². The molecule has 1 unspecified atom stereocenters. The molecule has 2 aliphatic rings. The minimum absolute atomic E-state index is 0.161. The van der Waals surface area contributed by atoms with Gasteiger partial charge in [0.15, 0.2) is 0 Å². The van der Waals surface area contributed by atoms with Gasteiger partial charge in [0.1, 0.15) is 0 Å². The molecule has 0 spiro atoms. The van der Waals surface area contributed by atoms with Gasteiger partial charge in [0.2, 0.25) is 5.91 Å². The van der Waals surface area contributed by atoms with Crippen LogP contribution in [0.5, 0.6) is 0 Å². The number of rotatable bonds is 2. The highest BCUT2D eigenvalue weighted by molar-refractivity contribution is 5.91. The molecule has 18 heavy (non-hydrogen) atoms. The zero-order valence-corrected chi connectivity index (χ0v) is 10.6. The van der Waals surface area contributed by atoms with E-state index in [0.29, 0.717) is 5.91 Å². The Kier molecular flexibility index (Phi) is 2.86. The van der Waals surface area contributed by atoms with Gasteiger partial charge in [-0.3, -0.25) is 4.79 Å². The van der Waals surface area contributed by atoms with Crippen molar-refractivity contribution in [1.82, 2.24) is 4.90 Å². The fourth-order valence-electron chi connectivity index (χ4n) is 3.01. The molecule has 3 heteroatoms. The van der Waals surface area contributed by atoms with Crippen LogP contribution in [0.2, 0.25) is 0 Å². The van der Waals surface area contributed by atoms with Crippen LogP contribution in [0.25, 0.3) is 0 Å². The number of amides is 1. The summed E-state index contributed by atoms with van der Waals surface area (Å²) in [5.74, 6) is 0.295. The first-order chi connectivity index (χ1) is 8.72. The highest BCUT2D eigenvalue weighted by Crippen LogP contribution is 2.49. The molecule has 1 aromatic carbocycles. The zero-order valence-electron chi connectivity index (χ0n) is 10.6. The van der Waals surface area contributed by atoms with Gasteiger partial charge in [0.25, 0.3) is 0 Å². The minimum atomic E-state index is -0.224. The van der Waals surface area contributed by atoms with Crippen LogP contribution in [0, 0.1) is 0 Å². The van der Waals surface area contributed by atoms with Crippen molar-refractivity contribution >= 4 is 5.91 Å². The van der Waals surface area contributed by atoms with Gasteiger partial charge in [-0.25, -0.2) is 0 Å². The predicted octanol–water partition coefficient (Wildman–Crippen LogP) is 1.67. The van der Waals surface area contributed by atoms with Gasteiger partial charge >= 0.3 is 0 Å². The average Bonchev–Trinajstić information content (AvgIpc) is 3.20. The minimum Gasteiger partial charge on any atom is -0.340 e. The highest BCUT2D eigenvalue weighted by Gasteiger charge is 2.53. The van der Waals surface area contributed by atoms with Crippen LogP contribution >= 0.6 is 0 Å². The van der Waals surface area contributed by atoms with Crippen molar-refractivity contribution in [2.45, 2.75) is 37.1 Å². The van der Waals surface area contributed by atoms with E-state index >= 15 is 0 Å². The van der Waals surface area contributed by atoms with Gasteiger partial charge in [0.05, 0.1) is 5.41 Å². The summed E-state index contributed by atoms with van der Waals surface area (Å²) in [7, 11) is 0. The summed E-state index contributed by atoms with van der Waals surface area (Å²) >= 11 is 0. The third kappa shape index (κ3) is 1.93. The molecule has 1 amide bonds. The molecule has 0 radical (unpaired) electrons. The Morgan fingerprint density at radius 2 is 2.00 bits per heavy atom. The Morgan fingerprint density at radius 1 is 1.28 bits per heavy atom. The number of nitrogens with two attached hydrogens (primary N) is 1. The van der Waals surface area contributed by atoms with Crippen LogP contribution < -0.4 is 5.73 Å². The van der Waals surface area contributed by atoms with Crippen molar-refractivity contribution in [1.29, 1.82) is 0 Å². The maximum atomic E-state index is 12.7. The Morgan fingerprint density at radius 3 is 2.61 bits per heavy atom. The van der Waals surface area contributed by atoms with Crippen molar-refractivity contribution in [3.63, 3.8) is 0 Å². The smallest absolute Gasteiger partial charge is 0.233 e. The monoisotopic (exact) mass is 244 g/mol. The second-order valence-corrected chi connectivity index (χ2v) is 5.60. The fraction of sp³-hybridized carbons (Fsp3) is 0.533. The van der Waals surface area contributed by atoms with Crippen molar-refractivity contribution in [3.8, 4) is 0 Å². The standard InChI is InChI=1S/C15H20N2O/c16-13-7-4-10-17(11-13)14(18)15(8-9-15)12-5-2-1-3-6-12/h1-3,5-6,13H,4,7-11,16H2. The number of hydrogen-bond acceptors (Lipinski definition) is 2. The summed E-state index contributed by atoms with van der Waals surface area (Å²) in [5, 5.41) is 0. The summed E-state index contributed by atoms with van der Waals surface area (Å²) in [6.07, 6.45) is 4.06. The topological polar surface area (TPSA) is 46.3 Å². The Bertz CT molecular complexity index is 439. The maximum absolute atomic E-state index is 12.7. The van der Waals surface area contributed by atoms with E-state index in [-0.39, 0.29) is 11.5 Å². The first kappa shape index (κ1) is 11.7. The first-order valence-electron chi connectivity index (χ1n) is 6.83.